The molecule has 2 aliphatic carbocycles. The predicted octanol–water partition coefficient (Wildman–Crippen LogP) is 3.10. The maximum absolute atomic E-state index is 5.71. The fourth-order valence-electron chi connectivity index (χ4n) is 2.55. The lowest BCUT2D eigenvalue weighted by molar-refractivity contribution is 0.583. The molecule has 0 aromatic rings. The molecular formula is C13H19N3S. The van der Waals surface area contributed by atoms with E-state index in [0.29, 0.717) is 11.1 Å². The molecule has 17 heavy (non-hydrogen) atoms. The van der Waals surface area contributed by atoms with Crippen LogP contribution in [0.25, 0.3) is 0 Å². The Hall–Kier alpha value is -1.03. The van der Waals surface area contributed by atoms with Gasteiger partial charge in [0.25, 0.3) is 0 Å². The minimum absolute atomic E-state index is 0.559. The van der Waals surface area contributed by atoms with Gasteiger partial charge in [0.2, 0.25) is 0 Å². The van der Waals surface area contributed by atoms with Crippen molar-refractivity contribution in [2.45, 2.75) is 33.6 Å². The summed E-state index contributed by atoms with van der Waals surface area (Å²) in [7, 11) is 0. The average molecular weight is 249 g/mol. The van der Waals surface area contributed by atoms with E-state index in [1.807, 2.05) is 0 Å². The zero-order valence-electron chi connectivity index (χ0n) is 10.7. The van der Waals surface area contributed by atoms with Crippen LogP contribution < -0.4 is 5.73 Å². The van der Waals surface area contributed by atoms with E-state index in [9.17, 15) is 0 Å². The Balaban J connectivity index is 2.14. The summed E-state index contributed by atoms with van der Waals surface area (Å²) in [5, 5.41) is 8.91. The van der Waals surface area contributed by atoms with Gasteiger partial charge in [0.15, 0.2) is 5.17 Å². The maximum Gasteiger partial charge on any atom is 0.180 e. The van der Waals surface area contributed by atoms with Gasteiger partial charge in [-0.05, 0) is 49.5 Å². The highest BCUT2D eigenvalue weighted by Gasteiger charge is 2.34. The van der Waals surface area contributed by atoms with E-state index in [1.54, 1.807) is 0 Å². The summed E-state index contributed by atoms with van der Waals surface area (Å²) in [5.41, 5.74) is 11.1. The lowest BCUT2D eigenvalue weighted by Gasteiger charge is -2.36. The number of nitrogens with two attached hydrogens (primary N) is 1. The topological polar surface area (TPSA) is 50.7 Å². The lowest BCUT2D eigenvalue weighted by atomic mass is 9.69. The van der Waals surface area contributed by atoms with Crippen LogP contribution in [-0.2, 0) is 0 Å². The highest BCUT2D eigenvalue weighted by Crippen LogP contribution is 2.41. The third kappa shape index (κ3) is 2.63. The van der Waals surface area contributed by atoms with Gasteiger partial charge in [-0.1, -0.05) is 30.3 Å². The normalized spacial score (nSPS) is 26.8. The molecule has 0 radical (unpaired) electrons. The van der Waals surface area contributed by atoms with E-state index in [0.717, 1.165) is 17.9 Å². The number of amidine groups is 1. The molecule has 0 aromatic heterocycles. The van der Waals surface area contributed by atoms with Crippen molar-refractivity contribution in [2.24, 2.45) is 21.9 Å². The van der Waals surface area contributed by atoms with Crippen LogP contribution in [-0.4, -0.2) is 16.6 Å². The SMILES string of the molecule is CCSC(N)=NN=C1CC2CC(C)=CC(C)=C12. The van der Waals surface area contributed by atoms with E-state index in [1.165, 1.54) is 34.9 Å². The van der Waals surface area contributed by atoms with Crippen LogP contribution >= 0.6 is 11.8 Å². The lowest BCUT2D eigenvalue weighted by Crippen LogP contribution is -2.31. The minimum Gasteiger partial charge on any atom is -0.377 e. The van der Waals surface area contributed by atoms with Gasteiger partial charge < -0.3 is 5.73 Å². The summed E-state index contributed by atoms with van der Waals surface area (Å²) in [6.45, 7) is 6.41. The van der Waals surface area contributed by atoms with E-state index in [2.05, 4.69) is 37.1 Å². The standard InChI is InChI=1S/C13H19N3S/c1-4-17-13(14)16-15-11-7-10-6-8(2)5-9(3)12(10)11/h5,10H,4,6-7H2,1-3H3,(H2,14,16). The monoisotopic (exact) mass is 249 g/mol. The molecule has 0 saturated heterocycles. The molecule has 1 saturated carbocycles. The second-order valence-electron chi connectivity index (χ2n) is 4.61. The molecule has 1 unspecified atom stereocenters. The molecule has 3 nitrogen and oxygen atoms in total. The summed E-state index contributed by atoms with van der Waals surface area (Å²) in [4.78, 5) is 0. The summed E-state index contributed by atoms with van der Waals surface area (Å²) in [5.74, 6) is 1.61. The van der Waals surface area contributed by atoms with Gasteiger partial charge in [-0.3, -0.25) is 0 Å². The van der Waals surface area contributed by atoms with Crippen molar-refractivity contribution in [3.63, 3.8) is 0 Å². The van der Waals surface area contributed by atoms with Crippen LogP contribution in [0.2, 0.25) is 0 Å². The first-order chi connectivity index (χ1) is 8.11. The van der Waals surface area contributed by atoms with Gasteiger partial charge in [-0.25, -0.2) is 0 Å². The fraction of sp³-hybridized carbons (Fsp3) is 0.538. The molecule has 2 rings (SSSR count). The van der Waals surface area contributed by atoms with E-state index in [-0.39, 0.29) is 0 Å². The molecule has 2 aliphatic rings. The van der Waals surface area contributed by atoms with Crippen molar-refractivity contribution < 1.29 is 0 Å². The van der Waals surface area contributed by atoms with E-state index in [4.69, 9.17) is 5.73 Å². The molecule has 1 atom stereocenters. The van der Waals surface area contributed by atoms with Gasteiger partial charge >= 0.3 is 0 Å². The molecule has 0 amide bonds. The van der Waals surface area contributed by atoms with Crippen molar-refractivity contribution in [2.75, 3.05) is 5.75 Å². The van der Waals surface area contributed by atoms with Crippen molar-refractivity contribution in [1.29, 1.82) is 0 Å². The number of hydrogen-bond donors (Lipinski definition) is 1. The van der Waals surface area contributed by atoms with Crippen LogP contribution in [0.4, 0.5) is 0 Å². The van der Waals surface area contributed by atoms with Crippen LogP contribution in [0.1, 0.15) is 33.6 Å². The van der Waals surface area contributed by atoms with Crippen LogP contribution in [0, 0.1) is 5.92 Å². The molecular weight excluding hydrogens is 230 g/mol. The molecule has 0 aliphatic heterocycles. The number of hydrogen-bond acceptors (Lipinski definition) is 3. The highest BCUT2D eigenvalue weighted by atomic mass is 32.2. The van der Waals surface area contributed by atoms with Crippen LogP contribution in [0.3, 0.4) is 0 Å². The van der Waals surface area contributed by atoms with Gasteiger partial charge in [-0.15, -0.1) is 5.10 Å². The quantitative estimate of drug-likeness (QED) is 0.464. The Morgan fingerprint density at radius 3 is 2.88 bits per heavy atom. The molecule has 2 N–H and O–H groups in total. The van der Waals surface area contributed by atoms with Crippen molar-refractivity contribution in [3.8, 4) is 0 Å². The summed E-state index contributed by atoms with van der Waals surface area (Å²) >= 11 is 1.53. The van der Waals surface area contributed by atoms with Crippen molar-refractivity contribution >= 4 is 22.6 Å². The Morgan fingerprint density at radius 2 is 2.24 bits per heavy atom. The van der Waals surface area contributed by atoms with Gasteiger partial charge in [0, 0.05) is 0 Å². The summed E-state index contributed by atoms with van der Waals surface area (Å²) in [6.07, 6.45) is 4.48. The summed E-state index contributed by atoms with van der Waals surface area (Å²) < 4.78 is 0. The number of fused-ring (bicyclic) bond motifs is 1. The Labute approximate surface area is 107 Å². The Bertz CT molecular complexity index is 444. The molecule has 0 spiro atoms. The largest absolute Gasteiger partial charge is 0.377 e. The summed E-state index contributed by atoms with van der Waals surface area (Å²) in [6, 6.07) is 0. The molecule has 4 heteroatoms. The molecule has 1 fully saturated rings. The number of allylic oxidation sites excluding steroid dienone is 4. The van der Waals surface area contributed by atoms with Crippen molar-refractivity contribution in [1.82, 2.24) is 0 Å². The number of rotatable bonds is 2. The second-order valence-corrected chi connectivity index (χ2v) is 5.89. The minimum atomic E-state index is 0.559. The smallest absolute Gasteiger partial charge is 0.180 e. The van der Waals surface area contributed by atoms with Crippen molar-refractivity contribution in [3.05, 3.63) is 22.8 Å². The predicted molar refractivity (Wildman–Crippen MR) is 76.4 cm³/mol. The second kappa shape index (κ2) is 5.08. The van der Waals surface area contributed by atoms with Crippen LogP contribution in [0.5, 0.6) is 0 Å². The van der Waals surface area contributed by atoms with Gasteiger partial charge in [0.05, 0.1) is 5.71 Å². The average Bonchev–Trinajstić information content (AvgIpc) is 2.20. The first-order valence-corrected chi connectivity index (χ1v) is 7.01. The Kier molecular flexibility index (Phi) is 3.72. The highest BCUT2D eigenvalue weighted by molar-refractivity contribution is 8.13. The van der Waals surface area contributed by atoms with E-state index >= 15 is 0 Å². The first-order valence-electron chi connectivity index (χ1n) is 6.03. The van der Waals surface area contributed by atoms with Crippen LogP contribution in [0.15, 0.2) is 33.0 Å². The third-order valence-electron chi connectivity index (χ3n) is 3.18. The number of thioether (sulfide) groups is 1. The van der Waals surface area contributed by atoms with Gasteiger partial charge in [0.1, 0.15) is 0 Å². The molecule has 0 heterocycles. The molecule has 0 bridgehead atoms. The first kappa shape index (κ1) is 12.4. The molecule has 0 aromatic carbocycles. The Morgan fingerprint density at radius 1 is 1.47 bits per heavy atom. The third-order valence-corrected chi connectivity index (χ3v) is 3.84. The number of nitrogens with zero attached hydrogens (tertiary/aromatic N) is 2. The van der Waals surface area contributed by atoms with Gasteiger partial charge in [-0.2, -0.15) is 5.10 Å². The zero-order chi connectivity index (χ0) is 12.4. The molecule has 92 valence electrons. The fourth-order valence-corrected chi connectivity index (χ4v) is 2.94. The van der Waals surface area contributed by atoms with E-state index < -0.39 is 0 Å². The maximum atomic E-state index is 5.71. The zero-order valence-corrected chi connectivity index (χ0v) is 11.5.